The van der Waals surface area contributed by atoms with Crippen LogP contribution in [0.4, 0.5) is 0 Å². The largest absolute Gasteiger partial charge is 0.454 e. The Morgan fingerprint density at radius 3 is 2.04 bits per heavy atom. The molecule has 5 saturated carbocycles. The molecule has 3 saturated heterocycles. The third-order valence-electron chi connectivity index (χ3n) is 17.7. The number of rotatable bonds is 7. The van der Waals surface area contributed by atoms with E-state index in [2.05, 4.69) is 34.6 Å². The van der Waals surface area contributed by atoms with Gasteiger partial charge < -0.3 is 64.2 Å². The van der Waals surface area contributed by atoms with Gasteiger partial charge in [0, 0.05) is 18.8 Å². The number of fused-ring (bicyclic) bond motifs is 2. The molecule has 0 aromatic heterocycles. The smallest absolute Gasteiger partial charge is 0.303 e. The van der Waals surface area contributed by atoms with E-state index in [4.69, 9.17) is 28.4 Å². The van der Waals surface area contributed by atoms with Crippen LogP contribution in [0.2, 0.25) is 0 Å². The molecule has 2 spiro atoms. The number of carbonyl (C=O) groups excluding carboxylic acids is 1. The van der Waals surface area contributed by atoms with Crippen molar-refractivity contribution < 1.29 is 69.0 Å². The average Bonchev–Trinajstić information content (AvgIpc) is 3.46. The summed E-state index contributed by atoms with van der Waals surface area (Å²) in [7, 11) is 0. The van der Waals surface area contributed by atoms with E-state index in [1.54, 1.807) is 0 Å². The van der Waals surface area contributed by atoms with Gasteiger partial charge in [0.2, 0.25) is 0 Å². The van der Waals surface area contributed by atoms with E-state index in [1.165, 1.54) is 6.92 Å². The lowest BCUT2D eigenvalue weighted by atomic mass is 9.41. The highest BCUT2D eigenvalue weighted by atomic mass is 16.7. The molecule has 7 N–H and O–H groups in total. The molecule has 8 aliphatic rings. The highest BCUT2D eigenvalue weighted by Gasteiger charge is 2.85. The Hall–Kier alpha value is -1.01. The normalized spacial score (nSPS) is 56.4. The van der Waals surface area contributed by atoms with E-state index in [9.17, 15) is 40.5 Å². The second kappa shape index (κ2) is 13.5. The van der Waals surface area contributed by atoms with Crippen molar-refractivity contribution in [1.82, 2.24) is 0 Å². The summed E-state index contributed by atoms with van der Waals surface area (Å²) < 4.78 is 37.5. The first kappa shape index (κ1) is 41.7. The van der Waals surface area contributed by atoms with E-state index >= 15 is 0 Å². The van der Waals surface area contributed by atoms with Crippen molar-refractivity contribution in [3.63, 3.8) is 0 Å². The summed E-state index contributed by atoms with van der Waals surface area (Å²) in [5, 5.41) is 76.6. The fraction of sp³-hybridized carbons (Fsp3) is 0.976. The molecule has 0 amide bonds. The minimum absolute atomic E-state index is 0.0423. The van der Waals surface area contributed by atoms with Crippen LogP contribution >= 0.6 is 0 Å². The third kappa shape index (κ3) is 5.89. The van der Waals surface area contributed by atoms with Crippen LogP contribution in [0.25, 0.3) is 0 Å². The van der Waals surface area contributed by atoms with E-state index in [-0.39, 0.29) is 58.5 Å². The van der Waals surface area contributed by atoms with Gasteiger partial charge in [0.25, 0.3) is 0 Å². The molecule has 3 heterocycles. The van der Waals surface area contributed by atoms with Crippen LogP contribution in [0.1, 0.15) is 107 Å². The molecular formula is C42H68O14. The Morgan fingerprint density at radius 2 is 1.39 bits per heavy atom. The summed E-state index contributed by atoms with van der Waals surface area (Å²) in [5.74, 6) is -0.797. The molecule has 320 valence electrons. The van der Waals surface area contributed by atoms with Crippen LogP contribution in [0.5, 0.6) is 0 Å². The van der Waals surface area contributed by atoms with E-state index in [0.29, 0.717) is 32.3 Å². The number of hydrogen-bond donors (Lipinski definition) is 7. The van der Waals surface area contributed by atoms with Gasteiger partial charge in [-0.1, -0.05) is 27.7 Å². The molecule has 0 aromatic carbocycles. The van der Waals surface area contributed by atoms with Gasteiger partial charge >= 0.3 is 5.97 Å². The number of ether oxygens (including phenoxy) is 6. The zero-order valence-corrected chi connectivity index (χ0v) is 34.4. The Bertz CT molecular complexity index is 1520. The van der Waals surface area contributed by atoms with Crippen molar-refractivity contribution in [3.05, 3.63) is 0 Å². The Labute approximate surface area is 330 Å². The van der Waals surface area contributed by atoms with Crippen LogP contribution in [-0.4, -0.2) is 140 Å². The first-order valence-corrected chi connectivity index (χ1v) is 21.1. The highest BCUT2D eigenvalue weighted by Crippen LogP contribution is 2.89. The van der Waals surface area contributed by atoms with Crippen molar-refractivity contribution >= 4 is 5.97 Å². The predicted molar refractivity (Wildman–Crippen MR) is 197 cm³/mol. The summed E-state index contributed by atoms with van der Waals surface area (Å²) in [4.78, 5) is 12.1. The van der Waals surface area contributed by atoms with Gasteiger partial charge in [-0.3, -0.25) is 4.79 Å². The quantitative estimate of drug-likeness (QED) is 0.145. The zero-order chi connectivity index (χ0) is 40.8. The van der Waals surface area contributed by atoms with Crippen molar-refractivity contribution in [2.24, 2.45) is 50.7 Å². The average molecular weight is 797 g/mol. The minimum Gasteiger partial charge on any atom is -0.454 e. The number of esters is 1. The van der Waals surface area contributed by atoms with E-state index < -0.39 is 90.1 Å². The van der Waals surface area contributed by atoms with Crippen LogP contribution in [-0.2, 0) is 33.2 Å². The Kier molecular flexibility index (Phi) is 10.1. The first-order chi connectivity index (χ1) is 26.0. The molecule has 20 atom stereocenters. The number of aliphatic hydroxyl groups excluding tert-OH is 6. The predicted octanol–water partition coefficient (Wildman–Crippen LogP) is 1.79. The van der Waals surface area contributed by atoms with Gasteiger partial charge in [0.1, 0.15) is 30.5 Å². The first-order valence-electron chi connectivity index (χ1n) is 21.1. The van der Waals surface area contributed by atoms with Crippen molar-refractivity contribution in [2.45, 2.75) is 185 Å². The van der Waals surface area contributed by atoms with Gasteiger partial charge in [0.15, 0.2) is 18.7 Å². The van der Waals surface area contributed by atoms with Gasteiger partial charge in [-0.15, -0.1) is 0 Å². The number of carbonyl (C=O) groups is 1. The molecule has 0 aromatic rings. The summed E-state index contributed by atoms with van der Waals surface area (Å²) in [5.41, 5.74) is -2.92. The molecule has 8 fully saturated rings. The van der Waals surface area contributed by atoms with Crippen molar-refractivity contribution in [2.75, 3.05) is 19.8 Å². The molecular weight excluding hydrogens is 728 g/mol. The third-order valence-corrected chi connectivity index (χ3v) is 17.7. The van der Waals surface area contributed by atoms with Crippen LogP contribution in [0.15, 0.2) is 0 Å². The minimum atomic E-state index is -1.47. The highest BCUT2D eigenvalue weighted by molar-refractivity contribution is 5.66. The fourth-order valence-corrected chi connectivity index (χ4v) is 14.9. The SMILES string of the molecule is CC(=O)O[C@H]1[C@@H](O[C@H]2CC[C@@]34C[C@@]35CC[C@@]3(C)[C@@H]([C@]6(C)C[C@@H](C(C)(C)O)CO6)[C@H](O)C[C@@]3(C)[C@H]5C[C@H](O[C@H]3OC[C@@H](O)[C@@H](O)[C@H]3O)[C@H]4C2(C)C)OC[C@@H](O)[C@@H]1O. The lowest BCUT2D eigenvalue weighted by molar-refractivity contribution is -0.326. The number of hydrogen-bond acceptors (Lipinski definition) is 14. The summed E-state index contributed by atoms with van der Waals surface area (Å²) in [6.45, 7) is 16.1. The summed E-state index contributed by atoms with van der Waals surface area (Å²) in [6, 6.07) is 0. The monoisotopic (exact) mass is 796 g/mol. The topological polar surface area (TPSA) is 214 Å². The maximum absolute atomic E-state index is 12.2. The Morgan fingerprint density at radius 1 is 0.732 bits per heavy atom. The van der Waals surface area contributed by atoms with Gasteiger partial charge in [0.05, 0.1) is 49.3 Å². The molecule has 3 aliphatic heterocycles. The molecule has 0 unspecified atom stereocenters. The second-order valence-corrected chi connectivity index (χ2v) is 21.3. The maximum atomic E-state index is 12.2. The van der Waals surface area contributed by atoms with E-state index in [0.717, 1.165) is 25.7 Å². The van der Waals surface area contributed by atoms with Crippen LogP contribution < -0.4 is 0 Å². The van der Waals surface area contributed by atoms with Crippen molar-refractivity contribution in [1.29, 1.82) is 0 Å². The van der Waals surface area contributed by atoms with E-state index in [1.807, 2.05) is 13.8 Å². The lowest BCUT2D eigenvalue weighted by Crippen LogP contribution is -2.65. The molecule has 14 nitrogen and oxygen atoms in total. The molecule has 56 heavy (non-hydrogen) atoms. The van der Waals surface area contributed by atoms with Crippen LogP contribution in [0.3, 0.4) is 0 Å². The maximum Gasteiger partial charge on any atom is 0.303 e. The van der Waals surface area contributed by atoms with Gasteiger partial charge in [-0.2, -0.15) is 0 Å². The molecule has 14 heteroatoms. The zero-order valence-electron chi connectivity index (χ0n) is 34.4. The fourth-order valence-electron chi connectivity index (χ4n) is 14.9. The molecule has 0 bridgehead atoms. The molecule has 0 radical (unpaired) electrons. The van der Waals surface area contributed by atoms with Crippen LogP contribution in [0, 0.1) is 50.7 Å². The number of aliphatic hydroxyl groups is 7. The van der Waals surface area contributed by atoms with Gasteiger partial charge in [-0.25, -0.2) is 0 Å². The lowest BCUT2D eigenvalue weighted by Gasteiger charge is -2.65. The second-order valence-electron chi connectivity index (χ2n) is 21.3. The van der Waals surface area contributed by atoms with Gasteiger partial charge in [-0.05, 0) is 111 Å². The Balaban J connectivity index is 1.14. The molecule has 8 rings (SSSR count). The summed E-state index contributed by atoms with van der Waals surface area (Å²) in [6.07, 6.45) is -5.60. The van der Waals surface area contributed by atoms with Crippen molar-refractivity contribution in [3.8, 4) is 0 Å². The standard InChI is InChI=1S/C42H68O14/c1-20(43)54-31-29(48)24(46)18-52-35(31)56-27-9-10-42-19-41(42)12-11-38(6)32(40(8)14-21(16-53-40)37(4,5)50)22(44)15-39(38,7)26(41)13-25(33(42)36(27,2)3)55-34-30(49)28(47)23(45)17-51-34/h21-35,44-50H,9-19H2,1-8H3/t21-,22-,23-,24-,25+,26-,27+,28-,29+,30-,31-,32+,33+,34-,35-,38+,39+,40+,41-,42+/m1/s1. The molecule has 5 aliphatic carbocycles. The summed E-state index contributed by atoms with van der Waals surface area (Å²) >= 11 is 0.